The summed E-state index contributed by atoms with van der Waals surface area (Å²) in [5.41, 5.74) is 6.24. The van der Waals surface area contributed by atoms with Gasteiger partial charge in [-0.15, -0.1) is 0 Å². The Morgan fingerprint density at radius 2 is 2.00 bits per heavy atom. The van der Waals surface area contributed by atoms with Crippen LogP contribution in [0.3, 0.4) is 0 Å². The number of fused-ring (bicyclic) bond motifs is 2. The summed E-state index contributed by atoms with van der Waals surface area (Å²) in [6.45, 7) is 0. The molecule has 1 aromatic heterocycles. The highest BCUT2D eigenvalue weighted by molar-refractivity contribution is 6.35. The lowest BCUT2D eigenvalue weighted by Crippen LogP contribution is -2.12. The van der Waals surface area contributed by atoms with Crippen LogP contribution in [0.4, 0.5) is 10.1 Å². The number of nitrogens with two attached hydrogens (primary N) is 1. The lowest BCUT2D eigenvalue weighted by atomic mass is 10.0. The Hall–Kier alpha value is -1.39. The Balaban J connectivity index is 2.36. The second kappa shape index (κ2) is 4.94. The zero-order valence-electron chi connectivity index (χ0n) is 10.5. The van der Waals surface area contributed by atoms with Crippen LogP contribution in [-0.4, -0.2) is 4.98 Å². The maximum Gasteiger partial charge on any atom is 0.125 e. The van der Waals surface area contributed by atoms with Crippen LogP contribution in [0.15, 0.2) is 12.1 Å². The fourth-order valence-electron chi connectivity index (χ4n) is 2.79. The van der Waals surface area contributed by atoms with Gasteiger partial charge in [0.2, 0.25) is 0 Å². The van der Waals surface area contributed by atoms with Crippen LogP contribution in [0.1, 0.15) is 30.5 Å². The minimum absolute atomic E-state index is 0.332. The summed E-state index contributed by atoms with van der Waals surface area (Å²) in [6, 6.07) is 2.73. The number of hydrazine groups is 1. The van der Waals surface area contributed by atoms with E-state index < -0.39 is 0 Å². The van der Waals surface area contributed by atoms with E-state index in [9.17, 15) is 4.39 Å². The molecular formula is C14H15ClFN3. The normalized spacial score (nSPS) is 15.1. The molecule has 0 fully saturated rings. The standard InChI is InChI=1S/C14H15ClFN3/c15-11-7-8(16)6-10-13(19-17)9-4-2-1-3-5-12(9)18-14(10)11/h6-7H,1-5,17H2,(H,18,19). The summed E-state index contributed by atoms with van der Waals surface area (Å²) in [4.78, 5) is 4.63. The third kappa shape index (κ3) is 2.15. The molecule has 0 saturated heterocycles. The highest BCUT2D eigenvalue weighted by atomic mass is 35.5. The molecule has 19 heavy (non-hydrogen) atoms. The molecule has 3 nitrogen and oxygen atoms in total. The van der Waals surface area contributed by atoms with Crippen molar-refractivity contribution < 1.29 is 4.39 Å². The Bertz CT molecular complexity index is 642. The van der Waals surface area contributed by atoms with E-state index in [1.165, 1.54) is 18.6 Å². The second-order valence-corrected chi connectivity index (χ2v) is 5.31. The van der Waals surface area contributed by atoms with E-state index >= 15 is 0 Å². The van der Waals surface area contributed by atoms with Crippen molar-refractivity contribution in [3.05, 3.63) is 34.2 Å². The maximum absolute atomic E-state index is 13.5. The first-order valence-electron chi connectivity index (χ1n) is 6.48. The quantitative estimate of drug-likeness (QED) is 0.476. The number of halogens is 2. The Morgan fingerprint density at radius 1 is 1.21 bits per heavy atom. The monoisotopic (exact) mass is 279 g/mol. The number of hydrogen-bond acceptors (Lipinski definition) is 3. The molecule has 0 unspecified atom stereocenters. The summed E-state index contributed by atoms with van der Waals surface area (Å²) < 4.78 is 13.5. The number of aryl methyl sites for hydroxylation is 1. The Labute approximate surface area is 115 Å². The predicted octanol–water partition coefficient (Wildman–Crippen LogP) is 3.58. The van der Waals surface area contributed by atoms with E-state index in [0.717, 1.165) is 42.6 Å². The van der Waals surface area contributed by atoms with Crippen molar-refractivity contribution in [1.82, 2.24) is 4.98 Å². The molecule has 0 radical (unpaired) electrons. The minimum Gasteiger partial charge on any atom is -0.323 e. The minimum atomic E-state index is -0.371. The molecule has 2 aromatic rings. The number of nitrogens with zero attached hydrogens (tertiary/aromatic N) is 1. The van der Waals surface area contributed by atoms with Crippen molar-refractivity contribution in [1.29, 1.82) is 0 Å². The molecule has 5 heteroatoms. The van der Waals surface area contributed by atoms with Gasteiger partial charge in [0, 0.05) is 11.1 Å². The summed E-state index contributed by atoms with van der Waals surface area (Å²) >= 11 is 6.10. The third-order valence-corrected chi connectivity index (χ3v) is 3.97. The molecule has 0 amide bonds. The van der Waals surface area contributed by atoms with E-state index in [-0.39, 0.29) is 5.82 Å². The molecule has 0 bridgehead atoms. The number of nitrogen functional groups attached to an aromatic ring is 1. The fraction of sp³-hybridized carbons (Fsp3) is 0.357. The van der Waals surface area contributed by atoms with Gasteiger partial charge in [-0.1, -0.05) is 18.0 Å². The topological polar surface area (TPSA) is 50.9 Å². The van der Waals surface area contributed by atoms with Gasteiger partial charge in [0.1, 0.15) is 5.82 Å². The van der Waals surface area contributed by atoms with Crippen LogP contribution in [0.5, 0.6) is 0 Å². The summed E-state index contributed by atoms with van der Waals surface area (Å²) in [5, 5.41) is 0.992. The molecular weight excluding hydrogens is 265 g/mol. The number of anilines is 1. The molecule has 1 aliphatic rings. The van der Waals surface area contributed by atoms with Crippen LogP contribution in [0.2, 0.25) is 5.02 Å². The van der Waals surface area contributed by atoms with Gasteiger partial charge >= 0.3 is 0 Å². The van der Waals surface area contributed by atoms with Gasteiger partial charge in [0.25, 0.3) is 0 Å². The Morgan fingerprint density at radius 3 is 2.79 bits per heavy atom. The largest absolute Gasteiger partial charge is 0.323 e. The highest BCUT2D eigenvalue weighted by Gasteiger charge is 2.18. The first kappa shape index (κ1) is 12.6. The van der Waals surface area contributed by atoms with E-state index in [1.807, 2.05) is 0 Å². The number of pyridine rings is 1. The first-order chi connectivity index (χ1) is 9.20. The van der Waals surface area contributed by atoms with Gasteiger partial charge in [-0.25, -0.2) is 4.39 Å². The molecule has 3 N–H and O–H groups in total. The van der Waals surface area contributed by atoms with E-state index in [1.54, 1.807) is 0 Å². The lowest BCUT2D eigenvalue weighted by Gasteiger charge is -2.15. The van der Waals surface area contributed by atoms with Gasteiger partial charge in [-0.2, -0.15) is 0 Å². The number of aromatic nitrogens is 1. The van der Waals surface area contributed by atoms with E-state index in [2.05, 4.69) is 10.4 Å². The highest BCUT2D eigenvalue weighted by Crippen LogP contribution is 2.35. The van der Waals surface area contributed by atoms with Crippen LogP contribution >= 0.6 is 11.6 Å². The molecule has 0 aliphatic heterocycles. The van der Waals surface area contributed by atoms with Crippen molar-refractivity contribution in [2.45, 2.75) is 32.1 Å². The molecule has 3 rings (SSSR count). The molecule has 0 atom stereocenters. The molecule has 1 aromatic carbocycles. The summed E-state index contributed by atoms with van der Waals surface area (Å²) in [6.07, 6.45) is 5.25. The average Bonchev–Trinajstić information content (AvgIpc) is 2.61. The van der Waals surface area contributed by atoms with E-state index in [0.29, 0.717) is 15.9 Å². The van der Waals surface area contributed by atoms with Gasteiger partial charge in [0.15, 0.2) is 0 Å². The van der Waals surface area contributed by atoms with Crippen molar-refractivity contribution in [3.63, 3.8) is 0 Å². The van der Waals surface area contributed by atoms with Crippen LogP contribution in [0.25, 0.3) is 10.9 Å². The van der Waals surface area contributed by atoms with Gasteiger partial charge in [-0.05, 0) is 43.4 Å². The molecule has 1 aliphatic carbocycles. The lowest BCUT2D eigenvalue weighted by molar-refractivity contribution is 0.629. The van der Waals surface area contributed by atoms with Crippen LogP contribution in [-0.2, 0) is 12.8 Å². The number of hydrogen-bond donors (Lipinski definition) is 2. The molecule has 0 saturated carbocycles. The third-order valence-electron chi connectivity index (χ3n) is 3.68. The average molecular weight is 280 g/mol. The van der Waals surface area contributed by atoms with Crippen molar-refractivity contribution in [2.75, 3.05) is 5.43 Å². The number of benzene rings is 1. The molecule has 0 spiro atoms. The van der Waals surface area contributed by atoms with Gasteiger partial charge in [0.05, 0.1) is 16.2 Å². The zero-order valence-corrected chi connectivity index (χ0v) is 11.2. The zero-order chi connectivity index (χ0) is 13.4. The molecule has 100 valence electrons. The van der Waals surface area contributed by atoms with Crippen LogP contribution in [0, 0.1) is 5.82 Å². The smallest absolute Gasteiger partial charge is 0.125 e. The first-order valence-corrected chi connectivity index (χ1v) is 6.85. The van der Waals surface area contributed by atoms with Gasteiger partial charge in [-0.3, -0.25) is 10.8 Å². The maximum atomic E-state index is 13.5. The predicted molar refractivity (Wildman–Crippen MR) is 75.8 cm³/mol. The van der Waals surface area contributed by atoms with Gasteiger partial charge < -0.3 is 5.43 Å². The van der Waals surface area contributed by atoms with Crippen molar-refractivity contribution in [3.8, 4) is 0 Å². The summed E-state index contributed by atoms with van der Waals surface area (Å²) in [5.74, 6) is 5.28. The second-order valence-electron chi connectivity index (χ2n) is 4.90. The van der Waals surface area contributed by atoms with Crippen molar-refractivity contribution in [2.24, 2.45) is 5.84 Å². The van der Waals surface area contributed by atoms with E-state index in [4.69, 9.17) is 17.4 Å². The van der Waals surface area contributed by atoms with Crippen LogP contribution < -0.4 is 11.3 Å². The number of rotatable bonds is 1. The fourth-order valence-corrected chi connectivity index (χ4v) is 3.04. The molecule has 1 heterocycles. The SMILES string of the molecule is NNc1c2c(nc3c(Cl)cc(F)cc13)CCCCC2. The summed E-state index contributed by atoms with van der Waals surface area (Å²) in [7, 11) is 0. The number of nitrogens with one attached hydrogen (secondary N) is 1. The van der Waals surface area contributed by atoms with Crippen molar-refractivity contribution >= 4 is 28.2 Å². The Kier molecular flexibility index (Phi) is 3.29.